The summed E-state index contributed by atoms with van der Waals surface area (Å²) in [6, 6.07) is 3.12. The summed E-state index contributed by atoms with van der Waals surface area (Å²) in [5.41, 5.74) is 0.0970. The van der Waals surface area contributed by atoms with Crippen molar-refractivity contribution in [2.45, 2.75) is 13.1 Å². The number of hydrogen-bond acceptors (Lipinski definition) is 3. The second-order valence-corrected chi connectivity index (χ2v) is 4.88. The molecule has 0 saturated carbocycles. The van der Waals surface area contributed by atoms with Crippen LogP contribution >= 0.6 is 0 Å². The molecule has 0 aliphatic carbocycles. The Morgan fingerprint density at radius 1 is 0.864 bits per heavy atom. The Bertz CT molecular complexity index is 995. The number of nitrogens with zero attached hydrogens (tertiary/aromatic N) is 2. The van der Waals surface area contributed by atoms with Crippen molar-refractivity contribution in [3.63, 3.8) is 0 Å². The molecule has 7 heteroatoms. The maximum atomic E-state index is 12.5. The third-order valence-electron chi connectivity index (χ3n) is 3.56. The molecule has 0 spiro atoms. The molecule has 0 amide bonds. The average molecular weight is 298 g/mol. The summed E-state index contributed by atoms with van der Waals surface area (Å²) in [7, 11) is 0. The molecule has 0 unspecified atom stereocenters. The highest BCUT2D eigenvalue weighted by atomic mass is 16.2. The van der Waals surface area contributed by atoms with Gasteiger partial charge in [0.2, 0.25) is 0 Å². The highest BCUT2D eigenvalue weighted by Gasteiger charge is 2.15. The van der Waals surface area contributed by atoms with E-state index in [1.807, 2.05) is 0 Å². The zero-order chi connectivity index (χ0) is 15.9. The summed E-state index contributed by atoms with van der Waals surface area (Å²) in [4.78, 5) is 36.3. The number of benzene rings is 1. The summed E-state index contributed by atoms with van der Waals surface area (Å²) >= 11 is 0. The van der Waals surface area contributed by atoms with Crippen molar-refractivity contribution in [3.8, 4) is 0 Å². The molecule has 1 aromatic carbocycles. The highest BCUT2D eigenvalue weighted by Crippen LogP contribution is 2.18. The molecule has 7 nitrogen and oxygen atoms in total. The molecule has 22 heavy (non-hydrogen) atoms. The van der Waals surface area contributed by atoms with Gasteiger partial charge in [-0.1, -0.05) is 12.2 Å². The topological polar surface area (TPSA) is 92.7 Å². The van der Waals surface area contributed by atoms with E-state index in [4.69, 9.17) is 0 Å². The quantitative estimate of drug-likeness (QED) is 0.695. The zero-order valence-corrected chi connectivity index (χ0v) is 11.8. The zero-order valence-electron chi connectivity index (χ0n) is 11.8. The summed E-state index contributed by atoms with van der Waals surface area (Å²) in [5.74, 6) is 0. The Labute approximate surface area is 123 Å². The fraction of sp³-hybridized carbons (Fsp3) is 0.133. The molecule has 0 aliphatic rings. The first-order valence-corrected chi connectivity index (χ1v) is 6.68. The van der Waals surface area contributed by atoms with Gasteiger partial charge in [0.05, 0.1) is 21.8 Å². The van der Waals surface area contributed by atoms with E-state index in [0.717, 1.165) is 0 Å². The van der Waals surface area contributed by atoms with E-state index in [1.165, 1.54) is 9.13 Å². The summed E-state index contributed by atoms with van der Waals surface area (Å²) < 4.78 is 3.01. The SMILES string of the molecule is C=CCn1c(=O)n(CC=C)c2cc3c(=O)[nH][nH]c(=O)c3cc21. The fourth-order valence-electron chi connectivity index (χ4n) is 2.60. The van der Waals surface area contributed by atoms with Crippen LogP contribution in [-0.2, 0) is 13.1 Å². The minimum Gasteiger partial charge on any atom is -0.288 e. The van der Waals surface area contributed by atoms with Crippen LogP contribution in [0.1, 0.15) is 0 Å². The molecular weight excluding hydrogens is 284 g/mol. The van der Waals surface area contributed by atoms with E-state index in [0.29, 0.717) is 24.1 Å². The van der Waals surface area contributed by atoms with Crippen LogP contribution in [0.4, 0.5) is 0 Å². The molecular formula is C15H14N4O3. The van der Waals surface area contributed by atoms with Gasteiger partial charge in [0.15, 0.2) is 0 Å². The number of aromatic nitrogens is 4. The van der Waals surface area contributed by atoms with Crippen LogP contribution in [0.15, 0.2) is 51.8 Å². The van der Waals surface area contributed by atoms with Crippen LogP contribution in [0.2, 0.25) is 0 Å². The van der Waals surface area contributed by atoms with Gasteiger partial charge < -0.3 is 0 Å². The monoisotopic (exact) mass is 298 g/mol. The summed E-state index contributed by atoms with van der Waals surface area (Å²) in [5, 5.41) is 5.04. The van der Waals surface area contributed by atoms with Gasteiger partial charge in [-0.15, -0.1) is 13.2 Å². The Morgan fingerprint density at radius 2 is 1.27 bits per heavy atom. The van der Waals surface area contributed by atoms with E-state index in [1.54, 1.807) is 24.3 Å². The lowest BCUT2D eigenvalue weighted by Crippen LogP contribution is -2.23. The number of imidazole rings is 1. The summed E-state index contributed by atoms with van der Waals surface area (Å²) in [6.45, 7) is 7.91. The second-order valence-electron chi connectivity index (χ2n) is 4.88. The van der Waals surface area contributed by atoms with E-state index >= 15 is 0 Å². The number of allylic oxidation sites excluding steroid dienone is 2. The van der Waals surface area contributed by atoms with Crippen LogP contribution in [0.3, 0.4) is 0 Å². The predicted molar refractivity (Wildman–Crippen MR) is 85.3 cm³/mol. The van der Waals surface area contributed by atoms with Crippen LogP contribution < -0.4 is 16.8 Å². The molecule has 2 N–H and O–H groups in total. The van der Waals surface area contributed by atoms with Crippen molar-refractivity contribution in [3.05, 3.63) is 68.6 Å². The number of fused-ring (bicyclic) bond motifs is 2. The maximum absolute atomic E-state index is 12.5. The Morgan fingerprint density at radius 3 is 1.64 bits per heavy atom. The first-order valence-electron chi connectivity index (χ1n) is 6.68. The van der Waals surface area contributed by atoms with Gasteiger partial charge in [0, 0.05) is 13.1 Å². The van der Waals surface area contributed by atoms with Crippen LogP contribution in [0.25, 0.3) is 21.8 Å². The lowest BCUT2D eigenvalue weighted by molar-refractivity contribution is 0.719. The lowest BCUT2D eigenvalue weighted by Gasteiger charge is -2.01. The van der Waals surface area contributed by atoms with Gasteiger partial charge in [-0.3, -0.25) is 28.9 Å². The Kier molecular flexibility index (Phi) is 3.17. The third kappa shape index (κ3) is 1.86. The average Bonchev–Trinajstić information content (AvgIpc) is 2.76. The fourth-order valence-corrected chi connectivity index (χ4v) is 2.60. The molecule has 2 heterocycles. The number of nitrogens with one attached hydrogen (secondary N) is 2. The van der Waals surface area contributed by atoms with Gasteiger partial charge in [-0.2, -0.15) is 0 Å². The van der Waals surface area contributed by atoms with Crippen molar-refractivity contribution in [1.29, 1.82) is 0 Å². The predicted octanol–water partition coefficient (Wildman–Crippen LogP) is 0.705. The Balaban J connectivity index is 2.57. The van der Waals surface area contributed by atoms with Gasteiger partial charge in [0.1, 0.15) is 0 Å². The standard InChI is InChI=1S/C15H14N4O3/c1-3-5-18-11-7-9-10(14(21)17-16-13(9)20)8-12(11)19(6-4-2)15(18)22/h3-4,7-8H,1-2,5-6H2,(H,16,20)(H,17,21). The van der Waals surface area contributed by atoms with Crippen molar-refractivity contribution in [2.24, 2.45) is 0 Å². The molecule has 0 aliphatic heterocycles. The minimum absolute atomic E-state index is 0.238. The van der Waals surface area contributed by atoms with Crippen molar-refractivity contribution in [1.82, 2.24) is 19.3 Å². The van der Waals surface area contributed by atoms with Gasteiger partial charge in [-0.25, -0.2) is 4.79 Å². The lowest BCUT2D eigenvalue weighted by atomic mass is 10.1. The summed E-state index contributed by atoms with van der Waals surface area (Å²) in [6.07, 6.45) is 3.20. The van der Waals surface area contributed by atoms with Crippen molar-refractivity contribution < 1.29 is 0 Å². The molecule has 3 aromatic rings. The van der Waals surface area contributed by atoms with Gasteiger partial charge in [-0.05, 0) is 12.1 Å². The number of hydrogen-bond donors (Lipinski definition) is 2. The molecule has 0 fully saturated rings. The molecule has 112 valence electrons. The molecule has 0 saturated heterocycles. The van der Waals surface area contributed by atoms with Crippen LogP contribution in [0, 0.1) is 0 Å². The first kappa shape index (κ1) is 13.9. The minimum atomic E-state index is -0.412. The normalized spacial score (nSPS) is 11.1. The van der Waals surface area contributed by atoms with Gasteiger partial charge >= 0.3 is 5.69 Å². The van der Waals surface area contributed by atoms with E-state index in [2.05, 4.69) is 23.4 Å². The van der Waals surface area contributed by atoms with Gasteiger partial charge in [0.25, 0.3) is 11.1 Å². The molecule has 0 bridgehead atoms. The molecule has 0 radical (unpaired) electrons. The third-order valence-corrected chi connectivity index (χ3v) is 3.56. The Hall–Kier alpha value is -3.09. The smallest absolute Gasteiger partial charge is 0.288 e. The first-order chi connectivity index (χ1) is 10.6. The van der Waals surface area contributed by atoms with E-state index < -0.39 is 11.1 Å². The van der Waals surface area contributed by atoms with E-state index in [9.17, 15) is 14.4 Å². The van der Waals surface area contributed by atoms with Crippen molar-refractivity contribution >= 4 is 21.8 Å². The second kappa shape index (κ2) is 5.03. The largest absolute Gasteiger partial charge is 0.329 e. The maximum Gasteiger partial charge on any atom is 0.329 e. The molecule has 3 rings (SSSR count). The van der Waals surface area contributed by atoms with Crippen LogP contribution in [0.5, 0.6) is 0 Å². The molecule has 2 aromatic heterocycles. The number of rotatable bonds is 4. The molecule has 0 atom stereocenters. The van der Waals surface area contributed by atoms with Crippen molar-refractivity contribution in [2.75, 3.05) is 0 Å². The number of aromatic amines is 2. The number of H-pyrrole nitrogens is 2. The highest BCUT2D eigenvalue weighted by molar-refractivity contribution is 5.94. The van der Waals surface area contributed by atoms with Crippen LogP contribution in [-0.4, -0.2) is 19.3 Å². The van der Waals surface area contributed by atoms with E-state index in [-0.39, 0.29) is 16.5 Å².